The van der Waals surface area contributed by atoms with Gasteiger partial charge in [-0.15, -0.1) is 0 Å². The number of hydrogen-bond donors (Lipinski definition) is 3. The van der Waals surface area contributed by atoms with Crippen LogP contribution in [0.3, 0.4) is 0 Å². The van der Waals surface area contributed by atoms with E-state index in [4.69, 9.17) is 5.11 Å². The van der Waals surface area contributed by atoms with Gasteiger partial charge in [0, 0.05) is 6.54 Å². The van der Waals surface area contributed by atoms with Crippen molar-refractivity contribution in [3.63, 3.8) is 0 Å². The summed E-state index contributed by atoms with van der Waals surface area (Å²) in [5, 5.41) is 13.8. The number of carbonyl (C=O) groups is 1. The van der Waals surface area contributed by atoms with E-state index < -0.39 is 17.8 Å². The molecule has 0 atom stereocenters. The van der Waals surface area contributed by atoms with Crippen LogP contribution in [0.15, 0.2) is 48.5 Å². The maximum Gasteiger partial charge on any atom is 0.418 e. The van der Waals surface area contributed by atoms with Gasteiger partial charge < -0.3 is 15.7 Å². The number of benzene rings is 2. The lowest BCUT2D eigenvalue weighted by atomic mass is 10.1. The summed E-state index contributed by atoms with van der Waals surface area (Å²) < 4.78 is 38.4. The lowest BCUT2D eigenvalue weighted by Crippen LogP contribution is -2.31. The first kappa shape index (κ1) is 16.7. The molecule has 122 valence electrons. The molecule has 0 aliphatic rings. The zero-order valence-electron chi connectivity index (χ0n) is 12.0. The fourth-order valence-electron chi connectivity index (χ4n) is 1.99. The van der Waals surface area contributed by atoms with Crippen LogP contribution in [0.2, 0.25) is 0 Å². The second kappa shape index (κ2) is 7.04. The predicted octanol–water partition coefficient (Wildman–Crippen LogP) is 3.78. The monoisotopic (exact) mass is 324 g/mol. The van der Waals surface area contributed by atoms with Crippen molar-refractivity contribution in [3.8, 4) is 5.75 Å². The molecule has 23 heavy (non-hydrogen) atoms. The number of aromatic hydroxyl groups is 1. The topological polar surface area (TPSA) is 61.4 Å². The van der Waals surface area contributed by atoms with Gasteiger partial charge in [-0.1, -0.05) is 24.3 Å². The Balaban J connectivity index is 1.89. The summed E-state index contributed by atoms with van der Waals surface area (Å²) >= 11 is 0. The van der Waals surface area contributed by atoms with Gasteiger partial charge in [-0.2, -0.15) is 13.2 Å². The normalized spacial score (nSPS) is 11.1. The highest BCUT2D eigenvalue weighted by Gasteiger charge is 2.33. The summed E-state index contributed by atoms with van der Waals surface area (Å²) in [5.74, 6) is 0.142. The molecule has 2 aromatic carbocycles. The molecule has 0 saturated heterocycles. The fourth-order valence-corrected chi connectivity index (χ4v) is 1.99. The number of amides is 2. The van der Waals surface area contributed by atoms with Crippen LogP contribution in [0.25, 0.3) is 0 Å². The van der Waals surface area contributed by atoms with E-state index in [2.05, 4.69) is 10.6 Å². The molecule has 0 aliphatic heterocycles. The van der Waals surface area contributed by atoms with E-state index in [1.807, 2.05) is 0 Å². The van der Waals surface area contributed by atoms with Crippen molar-refractivity contribution < 1.29 is 23.1 Å². The summed E-state index contributed by atoms with van der Waals surface area (Å²) in [6, 6.07) is 10.5. The van der Waals surface area contributed by atoms with Crippen LogP contribution in [0, 0.1) is 0 Å². The van der Waals surface area contributed by atoms with Crippen molar-refractivity contribution in [1.29, 1.82) is 0 Å². The Morgan fingerprint density at radius 1 is 1.04 bits per heavy atom. The summed E-state index contributed by atoms with van der Waals surface area (Å²) in [6.45, 7) is 0.255. The summed E-state index contributed by atoms with van der Waals surface area (Å²) in [4.78, 5) is 11.7. The first-order valence-corrected chi connectivity index (χ1v) is 6.85. The third-order valence-corrected chi connectivity index (χ3v) is 3.12. The number of anilines is 1. The number of carbonyl (C=O) groups excluding carboxylic acids is 1. The number of alkyl halides is 3. The number of phenols is 1. The molecule has 0 aliphatic carbocycles. The molecule has 2 aromatic rings. The average Bonchev–Trinajstić information content (AvgIpc) is 2.49. The molecule has 0 bridgehead atoms. The number of urea groups is 1. The lowest BCUT2D eigenvalue weighted by Gasteiger charge is -2.14. The number of phenolic OH excluding ortho intramolecular Hbond substituents is 1. The molecule has 7 heteroatoms. The first-order chi connectivity index (χ1) is 10.9. The Morgan fingerprint density at radius 2 is 1.70 bits per heavy atom. The standard InChI is InChI=1S/C16H15F3N2O2/c17-16(18,19)13-3-1-2-4-14(13)21-15(23)20-10-9-11-5-7-12(22)8-6-11/h1-8,22H,9-10H2,(H2,20,21,23). The zero-order chi connectivity index (χ0) is 16.9. The molecule has 0 spiro atoms. The van der Waals surface area contributed by atoms with Gasteiger partial charge in [0.05, 0.1) is 11.3 Å². The van der Waals surface area contributed by atoms with Gasteiger partial charge in [0.2, 0.25) is 0 Å². The molecule has 0 heterocycles. The number of nitrogens with one attached hydrogen (secondary N) is 2. The second-order valence-corrected chi connectivity index (χ2v) is 4.84. The van der Waals surface area contributed by atoms with Crippen molar-refractivity contribution in [1.82, 2.24) is 5.32 Å². The largest absolute Gasteiger partial charge is 0.508 e. The van der Waals surface area contributed by atoms with Gasteiger partial charge in [-0.25, -0.2) is 4.79 Å². The van der Waals surface area contributed by atoms with Gasteiger partial charge in [-0.05, 0) is 36.2 Å². The van der Waals surface area contributed by atoms with E-state index in [0.29, 0.717) is 6.42 Å². The van der Waals surface area contributed by atoms with Gasteiger partial charge in [0.15, 0.2) is 0 Å². The van der Waals surface area contributed by atoms with Crippen LogP contribution < -0.4 is 10.6 Å². The van der Waals surface area contributed by atoms with Crippen molar-refractivity contribution in [2.75, 3.05) is 11.9 Å². The van der Waals surface area contributed by atoms with Crippen LogP contribution in [-0.2, 0) is 12.6 Å². The number of rotatable bonds is 4. The third-order valence-electron chi connectivity index (χ3n) is 3.12. The van der Waals surface area contributed by atoms with Crippen LogP contribution in [0.1, 0.15) is 11.1 Å². The Bertz CT molecular complexity index is 670. The SMILES string of the molecule is O=C(NCCc1ccc(O)cc1)Nc1ccccc1C(F)(F)F. The quantitative estimate of drug-likeness (QED) is 0.801. The molecule has 0 unspecified atom stereocenters. The molecule has 3 N–H and O–H groups in total. The molecule has 2 rings (SSSR count). The molecule has 0 radical (unpaired) electrons. The summed E-state index contributed by atoms with van der Waals surface area (Å²) in [6.07, 6.45) is -4.04. The van der Waals surface area contributed by atoms with Crippen molar-refractivity contribution >= 4 is 11.7 Å². The predicted molar refractivity (Wildman–Crippen MR) is 80.3 cm³/mol. The highest BCUT2D eigenvalue weighted by atomic mass is 19.4. The van der Waals surface area contributed by atoms with Crippen molar-refractivity contribution in [3.05, 3.63) is 59.7 Å². The summed E-state index contributed by atoms with van der Waals surface area (Å²) in [7, 11) is 0. The average molecular weight is 324 g/mol. The minimum absolute atomic E-state index is 0.142. The van der Waals surface area contributed by atoms with E-state index in [0.717, 1.165) is 11.6 Å². The Kier molecular flexibility index (Phi) is 5.10. The van der Waals surface area contributed by atoms with Crippen molar-refractivity contribution in [2.24, 2.45) is 0 Å². The van der Waals surface area contributed by atoms with Gasteiger partial charge in [-0.3, -0.25) is 0 Å². The van der Waals surface area contributed by atoms with Gasteiger partial charge in [0.1, 0.15) is 5.75 Å². The molecule has 4 nitrogen and oxygen atoms in total. The molecule has 2 amide bonds. The van der Waals surface area contributed by atoms with Gasteiger partial charge in [0.25, 0.3) is 0 Å². The highest BCUT2D eigenvalue weighted by molar-refractivity contribution is 5.90. The van der Waals surface area contributed by atoms with Crippen LogP contribution in [-0.4, -0.2) is 17.7 Å². The third kappa shape index (κ3) is 4.91. The Hall–Kier alpha value is -2.70. The molecule has 0 fully saturated rings. The van der Waals surface area contributed by atoms with E-state index in [1.54, 1.807) is 12.1 Å². The van der Waals surface area contributed by atoms with Crippen molar-refractivity contribution in [2.45, 2.75) is 12.6 Å². The number of para-hydroxylation sites is 1. The Labute approximate surface area is 131 Å². The maximum absolute atomic E-state index is 12.8. The number of hydrogen-bond acceptors (Lipinski definition) is 2. The van der Waals surface area contributed by atoms with Crippen LogP contribution >= 0.6 is 0 Å². The van der Waals surface area contributed by atoms with E-state index in [-0.39, 0.29) is 18.0 Å². The maximum atomic E-state index is 12.8. The molecular weight excluding hydrogens is 309 g/mol. The van der Waals surface area contributed by atoms with E-state index in [9.17, 15) is 18.0 Å². The zero-order valence-corrected chi connectivity index (χ0v) is 12.0. The number of halogens is 3. The molecule has 0 saturated carbocycles. The minimum atomic E-state index is -4.53. The first-order valence-electron chi connectivity index (χ1n) is 6.85. The molecular formula is C16H15F3N2O2. The minimum Gasteiger partial charge on any atom is -0.508 e. The smallest absolute Gasteiger partial charge is 0.418 e. The van der Waals surface area contributed by atoms with Crippen LogP contribution in [0.5, 0.6) is 5.75 Å². The molecule has 0 aromatic heterocycles. The fraction of sp³-hybridized carbons (Fsp3) is 0.188. The van der Waals surface area contributed by atoms with E-state index in [1.165, 1.54) is 30.3 Å². The highest BCUT2D eigenvalue weighted by Crippen LogP contribution is 2.34. The Morgan fingerprint density at radius 3 is 2.35 bits per heavy atom. The van der Waals surface area contributed by atoms with Crippen LogP contribution in [0.4, 0.5) is 23.7 Å². The second-order valence-electron chi connectivity index (χ2n) is 4.84. The lowest BCUT2D eigenvalue weighted by molar-refractivity contribution is -0.136. The van der Waals surface area contributed by atoms with E-state index >= 15 is 0 Å². The summed E-state index contributed by atoms with van der Waals surface area (Å²) in [5.41, 5.74) is -0.297. The van der Waals surface area contributed by atoms with Gasteiger partial charge >= 0.3 is 12.2 Å².